The number of nitrogens with one attached hydrogen (secondary N) is 1. The van der Waals surface area contributed by atoms with E-state index in [4.69, 9.17) is 0 Å². The Hall–Kier alpha value is -2.00. The van der Waals surface area contributed by atoms with Gasteiger partial charge in [0.1, 0.15) is 10.8 Å². The zero-order valence-electron chi connectivity index (χ0n) is 11.2. The normalized spacial score (nSPS) is 12.0. The van der Waals surface area contributed by atoms with Crippen molar-refractivity contribution in [3.63, 3.8) is 0 Å². The van der Waals surface area contributed by atoms with Gasteiger partial charge in [0.25, 0.3) is 10.0 Å². The maximum absolute atomic E-state index is 13.6. The first-order valence-corrected chi connectivity index (χ1v) is 8.28. The average Bonchev–Trinajstić information content (AvgIpc) is 2.86. The fourth-order valence-electron chi connectivity index (χ4n) is 1.97. The molecule has 0 bridgehead atoms. The Morgan fingerprint density at radius 3 is 2.71 bits per heavy atom. The Morgan fingerprint density at radius 2 is 2.00 bits per heavy atom. The van der Waals surface area contributed by atoms with Crippen LogP contribution in [0.3, 0.4) is 0 Å². The lowest BCUT2D eigenvalue weighted by Crippen LogP contribution is -2.17. The first-order chi connectivity index (χ1) is 9.88. The lowest BCUT2D eigenvalue weighted by atomic mass is 10.3. The summed E-state index contributed by atoms with van der Waals surface area (Å²) in [7, 11) is -3.98. The molecule has 110 valence electrons. The Balaban J connectivity index is 2.12. The number of benzene rings is 1. The number of aryl methyl sites for hydroxylation is 2. The molecule has 0 saturated heterocycles. The predicted molar refractivity (Wildman–Crippen MR) is 77.5 cm³/mol. The van der Waals surface area contributed by atoms with E-state index < -0.39 is 15.8 Å². The summed E-state index contributed by atoms with van der Waals surface area (Å²) in [5.74, 6) is -0.644. The molecule has 0 radical (unpaired) electrons. The molecule has 3 rings (SSSR count). The van der Waals surface area contributed by atoms with Crippen molar-refractivity contribution in [2.24, 2.45) is 0 Å². The number of nitrogens with zero attached hydrogens (tertiary/aromatic N) is 3. The van der Waals surface area contributed by atoms with E-state index in [-0.39, 0.29) is 10.7 Å². The molecule has 0 amide bonds. The lowest BCUT2D eigenvalue weighted by molar-refractivity contribution is 0.590. The number of para-hydroxylation sites is 1. The van der Waals surface area contributed by atoms with E-state index in [0.717, 1.165) is 0 Å². The second-order valence-corrected chi connectivity index (χ2v) is 7.16. The first-order valence-electron chi connectivity index (χ1n) is 5.98. The molecular weight excluding hydrogens is 315 g/mol. The number of hydrogen-bond donors (Lipinski definition) is 1. The highest BCUT2D eigenvalue weighted by atomic mass is 32.2. The second kappa shape index (κ2) is 4.78. The van der Waals surface area contributed by atoms with Crippen molar-refractivity contribution in [3.05, 3.63) is 40.8 Å². The molecule has 0 unspecified atom stereocenters. The Labute approximate surface area is 124 Å². The number of imidazole rings is 1. The van der Waals surface area contributed by atoms with Gasteiger partial charge < -0.3 is 0 Å². The van der Waals surface area contributed by atoms with Crippen LogP contribution >= 0.6 is 11.3 Å². The van der Waals surface area contributed by atoms with Gasteiger partial charge >= 0.3 is 0 Å². The van der Waals surface area contributed by atoms with Crippen molar-refractivity contribution in [3.8, 4) is 0 Å². The summed E-state index contributed by atoms with van der Waals surface area (Å²) in [6.07, 6.45) is 0. The molecule has 2 heterocycles. The maximum atomic E-state index is 13.6. The fraction of sp³-hybridized carbons (Fsp3) is 0.167. The minimum absolute atomic E-state index is 0.0786. The number of rotatable bonds is 3. The average molecular weight is 326 g/mol. The van der Waals surface area contributed by atoms with Crippen LogP contribution in [0.25, 0.3) is 4.96 Å². The molecule has 1 N–H and O–H groups in total. The van der Waals surface area contributed by atoms with Crippen LogP contribution in [0.1, 0.15) is 10.7 Å². The molecule has 3 aromatic rings. The molecule has 0 aliphatic carbocycles. The summed E-state index contributed by atoms with van der Waals surface area (Å²) < 4.78 is 42.1. The number of aromatic nitrogens is 3. The van der Waals surface area contributed by atoms with E-state index in [1.165, 1.54) is 34.1 Å². The van der Waals surface area contributed by atoms with Crippen LogP contribution in [0.15, 0.2) is 29.3 Å². The largest absolute Gasteiger partial charge is 0.281 e. The van der Waals surface area contributed by atoms with Crippen molar-refractivity contribution in [2.45, 2.75) is 18.9 Å². The fourth-order valence-corrected chi connectivity index (χ4v) is 4.16. The standard InChI is InChI=1S/C12H11FN4O2S2/c1-7-11(17-12(14-7)20-8(2)15-17)21(18,19)16-10-6-4-3-5-9(10)13/h3-6,16H,1-2H3. The van der Waals surface area contributed by atoms with E-state index in [0.29, 0.717) is 15.7 Å². The Kier molecular flexibility index (Phi) is 3.18. The van der Waals surface area contributed by atoms with Crippen LogP contribution in [0.4, 0.5) is 10.1 Å². The summed E-state index contributed by atoms with van der Waals surface area (Å²) in [6, 6.07) is 5.57. The summed E-state index contributed by atoms with van der Waals surface area (Å²) in [5, 5.41) is 4.74. The molecule has 21 heavy (non-hydrogen) atoms. The molecule has 0 aliphatic heterocycles. The van der Waals surface area contributed by atoms with Gasteiger partial charge in [0.15, 0.2) is 0 Å². The second-order valence-electron chi connectivity index (χ2n) is 4.40. The van der Waals surface area contributed by atoms with E-state index >= 15 is 0 Å². The van der Waals surface area contributed by atoms with Gasteiger partial charge in [-0.3, -0.25) is 4.72 Å². The summed E-state index contributed by atoms with van der Waals surface area (Å²) in [5.41, 5.74) is 0.205. The molecule has 0 atom stereocenters. The molecule has 0 fully saturated rings. The van der Waals surface area contributed by atoms with Crippen LogP contribution in [0.2, 0.25) is 0 Å². The maximum Gasteiger partial charge on any atom is 0.281 e. The third-order valence-corrected chi connectivity index (χ3v) is 5.09. The van der Waals surface area contributed by atoms with Gasteiger partial charge in [-0.2, -0.15) is 18.0 Å². The van der Waals surface area contributed by atoms with Gasteiger partial charge in [-0.1, -0.05) is 23.5 Å². The molecule has 2 aromatic heterocycles. The van der Waals surface area contributed by atoms with Gasteiger partial charge in [0.05, 0.1) is 11.4 Å². The highest BCUT2D eigenvalue weighted by Crippen LogP contribution is 2.24. The molecule has 1 aromatic carbocycles. The number of hydrogen-bond acceptors (Lipinski definition) is 5. The van der Waals surface area contributed by atoms with Gasteiger partial charge in [-0.25, -0.2) is 9.37 Å². The van der Waals surface area contributed by atoms with E-state index in [2.05, 4.69) is 14.8 Å². The van der Waals surface area contributed by atoms with Crippen LogP contribution in [-0.2, 0) is 10.0 Å². The van der Waals surface area contributed by atoms with Crippen LogP contribution in [0.5, 0.6) is 0 Å². The SMILES string of the molecule is Cc1nn2c(S(=O)(=O)Nc3ccccc3F)c(C)nc2s1. The smallest absolute Gasteiger partial charge is 0.275 e. The van der Waals surface area contributed by atoms with Gasteiger partial charge in [0.2, 0.25) is 9.99 Å². The van der Waals surface area contributed by atoms with E-state index in [1.807, 2.05) is 0 Å². The van der Waals surface area contributed by atoms with E-state index in [1.54, 1.807) is 19.9 Å². The van der Waals surface area contributed by atoms with Gasteiger partial charge in [0, 0.05) is 0 Å². The van der Waals surface area contributed by atoms with Crippen molar-refractivity contribution < 1.29 is 12.8 Å². The quantitative estimate of drug-likeness (QED) is 0.801. The monoisotopic (exact) mass is 326 g/mol. The van der Waals surface area contributed by atoms with Crippen molar-refractivity contribution in [1.29, 1.82) is 0 Å². The summed E-state index contributed by atoms with van der Waals surface area (Å²) in [6.45, 7) is 3.34. The van der Waals surface area contributed by atoms with Gasteiger partial charge in [-0.05, 0) is 26.0 Å². The number of halogens is 1. The molecule has 0 saturated carbocycles. The first kappa shape index (κ1) is 14.0. The molecule has 0 aliphatic rings. The number of fused-ring (bicyclic) bond motifs is 1. The third kappa shape index (κ3) is 2.38. The topological polar surface area (TPSA) is 76.4 Å². The molecular formula is C12H11FN4O2S2. The zero-order valence-corrected chi connectivity index (χ0v) is 12.8. The van der Waals surface area contributed by atoms with Crippen LogP contribution in [-0.4, -0.2) is 23.0 Å². The minimum atomic E-state index is -3.98. The molecule has 0 spiro atoms. The van der Waals surface area contributed by atoms with Crippen LogP contribution in [0, 0.1) is 19.7 Å². The third-order valence-electron chi connectivity index (χ3n) is 2.80. The highest BCUT2D eigenvalue weighted by Gasteiger charge is 2.26. The zero-order chi connectivity index (χ0) is 15.2. The van der Waals surface area contributed by atoms with Crippen molar-refractivity contribution in [1.82, 2.24) is 14.6 Å². The summed E-state index contributed by atoms with van der Waals surface area (Å²) in [4.78, 5) is 4.66. The predicted octanol–water partition coefficient (Wildman–Crippen LogP) is 2.35. The van der Waals surface area contributed by atoms with Crippen molar-refractivity contribution in [2.75, 3.05) is 4.72 Å². The Bertz CT molecular complexity index is 930. The highest BCUT2D eigenvalue weighted by molar-refractivity contribution is 7.92. The van der Waals surface area contributed by atoms with Crippen molar-refractivity contribution >= 4 is 32.0 Å². The number of anilines is 1. The van der Waals surface area contributed by atoms with Crippen LogP contribution < -0.4 is 4.72 Å². The molecule has 6 nitrogen and oxygen atoms in total. The molecule has 9 heteroatoms. The van der Waals surface area contributed by atoms with E-state index in [9.17, 15) is 12.8 Å². The Morgan fingerprint density at radius 1 is 1.29 bits per heavy atom. The minimum Gasteiger partial charge on any atom is -0.275 e. The van der Waals surface area contributed by atoms with Gasteiger partial charge in [-0.15, -0.1) is 0 Å². The summed E-state index contributed by atoms with van der Waals surface area (Å²) >= 11 is 1.29. The number of sulfonamides is 1. The lowest BCUT2D eigenvalue weighted by Gasteiger charge is -2.08.